The van der Waals surface area contributed by atoms with Gasteiger partial charge in [-0.3, -0.25) is 9.59 Å². The monoisotopic (exact) mass is 215 g/mol. The molecule has 3 nitrogen and oxygen atoms in total. The molecule has 3 heteroatoms. The number of pyridine rings is 1. The molecule has 0 aliphatic rings. The average molecular weight is 215 g/mol. The zero-order chi connectivity index (χ0) is 11.9. The number of carbonyl (C=O) groups excluding carboxylic acids is 2. The molecule has 0 aliphatic heterocycles. The number of hydrogen-bond donors (Lipinski definition) is 0. The smallest absolute Gasteiger partial charge is 0.176 e. The summed E-state index contributed by atoms with van der Waals surface area (Å²) in [6.45, 7) is 4.87. The van der Waals surface area contributed by atoms with Gasteiger partial charge >= 0.3 is 0 Å². The van der Waals surface area contributed by atoms with Gasteiger partial charge in [0.15, 0.2) is 11.6 Å². The molecule has 0 saturated heterocycles. The molecule has 0 spiro atoms. The van der Waals surface area contributed by atoms with Gasteiger partial charge in [-0.25, -0.2) is 0 Å². The quantitative estimate of drug-likeness (QED) is 0.722. The van der Waals surface area contributed by atoms with Crippen molar-refractivity contribution in [1.82, 2.24) is 4.40 Å². The van der Waals surface area contributed by atoms with E-state index in [0.29, 0.717) is 11.3 Å². The Morgan fingerprint density at radius 1 is 1.12 bits per heavy atom. The first kappa shape index (κ1) is 10.6. The molecule has 16 heavy (non-hydrogen) atoms. The minimum absolute atomic E-state index is 0.00583. The second-order valence-electron chi connectivity index (χ2n) is 3.92. The largest absolute Gasteiger partial charge is 0.313 e. The number of Topliss-reactive ketones (excluding diaryl/α,β-unsaturated/α-hetero) is 2. The first-order valence-electron chi connectivity index (χ1n) is 5.15. The van der Waals surface area contributed by atoms with Crippen LogP contribution in [-0.4, -0.2) is 16.0 Å². The van der Waals surface area contributed by atoms with Crippen molar-refractivity contribution in [2.45, 2.75) is 20.8 Å². The number of fused-ring (bicyclic) bond motifs is 1. The molecule has 2 aromatic heterocycles. The highest BCUT2D eigenvalue weighted by atomic mass is 16.1. The van der Waals surface area contributed by atoms with Crippen LogP contribution in [0, 0.1) is 6.92 Å². The molecule has 0 atom stereocenters. The van der Waals surface area contributed by atoms with Gasteiger partial charge in [-0.1, -0.05) is 6.07 Å². The van der Waals surface area contributed by atoms with Crippen LogP contribution in [0.25, 0.3) is 5.52 Å². The van der Waals surface area contributed by atoms with E-state index in [2.05, 4.69) is 0 Å². The molecule has 0 radical (unpaired) electrons. The molecule has 0 amide bonds. The summed E-state index contributed by atoms with van der Waals surface area (Å²) >= 11 is 0. The van der Waals surface area contributed by atoms with E-state index in [1.54, 1.807) is 4.40 Å². The summed E-state index contributed by atoms with van der Waals surface area (Å²) in [4.78, 5) is 23.2. The Morgan fingerprint density at radius 2 is 1.81 bits per heavy atom. The minimum Gasteiger partial charge on any atom is -0.313 e. The molecule has 0 bridgehead atoms. The van der Waals surface area contributed by atoms with Crippen molar-refractivity contribution in [3.63, 3.8) is 0 Å². The molecule has 2 heterocycles. The van der Waals surface area contributed by atoms with Crippen molar-refractivity contribution in [2.75, 3.05) is 0 Å². The van der Waals surface area contributed by atoms with E-state index in [1.807, 2.05) is 31.3 Å². The fourth-order valence-electron chi connectivity index (χ4n) is 2.21. The Kier molecular flexibility index (Phi) is 2.38. The SMILES string of the molecule is CC(=O)c1c(C)c(C(C)=O)n2ccccc12. The summed E-state index contributed by atoms with van der Waals surface area (Å²) < 4.78 is 1.79. The van der Waals surface area contributed by atoms with Crippen molar-refractivity contribution in [3.8, 4) is 0 Å². The van der Waals surface area contributed by atoms with Gasteiger partial charge in [0.1, 0.15) is 0 Å². The molecule has 2 rings (SSSR count). The third kappa shape index (κ3) is 1.36. The van der Waals surface area contributed by atoms with E-state index in [0.717, 1.165) is 11.1 Å². The molecular weight excluding hydrogens is 202 g/mol. The lowest BCUT2D eigenvalue weighted by Gasteiger charge is -1.98. The Morgan fingerprint density at radius 3 is 2.38 bits per heavy atom. The van der Waals surface area contributed by atoms with Crippen LogP contribution in [0.3, 0.4) is 0 Å². The summed E-state index contributed by atoms with van der Waals surface area (Å²) in [6.07, 6.45) is 1.81. The maximum Gasteiger partial charge on any atom is 0.176 e. The Hall–Kier alpha value is -1.90. The van der Waals surface area contributed by atoms with E-state index in [-0.39, 0.29) is 11.6 Å². The Bertz CT molecular complexity index is 542. The highest BCUT2D eigenvalue weighted by molar-refractivity contribution is 6.07. The predicted molar refractivity (Wildman–Crippen MR) is 62.1 cm³/mol. The Balaban J connectivity index is 2.97. The van der Waals surface area contributed by atoms with Gasteiger partial charge in [0.2, 0.25) is 0 Å². The highest BCUT2D eigenvalue weighted by Gasteiger charge is 2.19. The fraction of sp³-hybridized carbons (Fsp3) is 0.231. The molecule has 0 aliphatic carbocycles. The van der Waals surface area contributed by atoms with Gasteiger partial charge in [-0.2, -0.15) is 0 Å². The van der Waals surface area contributed by atoms with Crippen molar-refractivity contribution in [3.05, 3.63) is 41.2 Å². The van der Waals surface area contributed by atoms with Crippen LogP contribution >= 0.6 is 0 Å². The van der Waals surface area contributed by atoms with Crippen molar-refractivity contribution >= 4 is 17.1 Å². The molecule has 0 fully saturated rings. The first-order chi connectivity index (χ1) is 7.54. The lowest BCUT2D eigenvalue weighted by Crippen LogP contribution is -2.00. The number of hydrogen-bond acceptors (Lipinski definition) is 2. The summed E-state index contributed by atoms with van der Waals surface area (Å²) in [5.74, 6) is -0.0279. The summed E-state index contributed by atoms with van der Waals surface area (Å²) in [5.41, 5.74) is 2.82. The molecular formula is C13H13NO2. The van der Waals surface area contributed by atoms with Gasteiger partial charge in [-0.15, -0.1) is 0 Å². The van der Waals surface area contributed by atoms with Crippen molar-refractivity contribution in [2.24, 2.45) is 0 Å². The molecule has 0 saturated carbocycles. The fourth-order valence-corrected chi connectivity index (χ4v) is 2.21. The van der Waals surface area contributed by atoms with Crippen LogP contribution in [0.4, 0.5) is 0 Å². The zero-order valence-electron chi connectivity index (χ0n) is 9.57. The molecule has 0 N–H and O–H groups in total. The van der Waals surface area contributed by atoms with Gasteiger partial charge in [0.25, 0.3) is 0 Å². The average Bonchev–Trinajstić information content (AvgIpc) is 2.49. The molecule has 82 valence electrons. The number of nitrogens with zero attached hydrogens (tertiary/aromatic N) is 1. The first-order valence-corrected chi connectivity index (χ1v) is 5.15. The van der Waals surface area contributed by atoms with E-state index in [9.17, 15) is 9.59 Å². The summed E-state index contributed by atoms with van der Waals surface area (Å²) in [6, 6.07) is 5.57. The number of ketones is 2. The standard InChI is InChI=1S/C13H13NO2/c1-8-12(9(2)15)11-6-4-5-7-14(11)13(8)10(3)16/h4-7H,1-3H3. The van der Waals surface area contributed by atoms with Crippen LogP contribution < -0.4 is 0 Å². The van der Waals surface area contributed by atoms with Crippen LogP contribution in [0.15, 0.2) is 24.4 Å². The summed E-state index contributed by atoms with van der Waals surface area (Å²) in [7, 11) is 0. The normalized spacial score (nSPS) is 10.7. The molecule has 0 unspecified atom stereocenters. The van der Waals surface area contributed by atoms with E-state index in [1.165, 1.54) is 13.8 Å². The maximum absolute atomic E-state index is 11.6. The van der Waals surface area contributed by atoms with Crippen molar-refractivity contribution < 1.29 is 9.59 Å². The lowest BCUT2D eigenvalue weighted by molar-refractivity contribution is 0.101. The van der Waals surface area contributed by atoms with Crippen LogP contribution in [-0.2, 0) is 0 Å². The number of aromatic nitrogens is 1. The summed E-state index contributed by atoms with van der Waals surface area (Å²) in [5, 5.41) is 0. The van der Waals surface area contributed by atoms with E-state index < -0.39 is 0 Å². The van der Waals surface area contributed by atoms with Crippen LogP contribution in [0.1, 0.15) is 40.3 Å². The lowest BCUT2D eigenvalue weighted by atomic mass is 10.1. The van der Waals surface area contributed by atoms with Gasteiger partial charge in [0.05, 0.1) is 11.2 Å². The van der Waals surface area contributed by atoms with Gasteiger partial charge in [-0.05, 0) is 31.5 Å². The van der Waals surface area contributed by atoms with E-state index >= 15 is 0 Å². The third-order valence-electron chi connectivity index (χ3n) is 2.77. The number of rotatable bonds is 2. The maximum atomic E-state index is 11.6. The third-order valence-corrected chi connectivity index (χ3v) is 2.77. The van der Waals surface area contributed by atoms with Gasteiger partial charge in [0, 0.05) is 18.7 Å². The van der Waals surface area contributed by atoms with Crippen LogP contribution in [0.2, 0.25) is 0 Å². The zero-order valence-corrected chi connectivity index (χ0v) is 9.57. The number of carbonyl (C=O) groups is 2. The molecule has 2 aromatic rings. The van der Waals surface area contributed by atoms with Crippen LogP contribution in [0.5, 0.6) is 0 Å². The predicted octanol–water partition coefficient (Wildman–Crippen LogP) is 2.65. The van der Waals surface area contributed by atoms with E-state index in [4.69, 9.17) is 0 Å². The highest BCUT2D eigenvalue weighted by Crippen LogP contribution is 2.23. The molecule has 0 aromatic carbocycles. The Labute approximate surface area is 93.7 Å². The minimum atomic E-state index is -0.0220. The van der Waals surface area contributed by atoms with Crippen molar-refractivity contribution in [1.29, 1.82) is 0 Å². The topological polar surface area (TPSA) is 38.5 Å². The second kappa shape index (κ2) is 3.59. The van der Waals surface area contributed by atoms with Gasteiger partial charge < -0.3 is 4.40 Å². The second-order valence-corrected chi connectivity index (χ2v) is 3.92.